The number of nitrogens with one attached hydrogen (secondary N) is 1. The summed E-state index contributed by atoms with van der Waals surface area (Å²) in [5.41, 5.74) is 0.785. The molecule has 0 aliphatic heterocycles. The van der Waals surface area contributed by atoms with Crippen LogP contribution in [0.3, 0.4) is 0 Å². The molecule has 0 aliphatic rings. The first-order chi connectivity index (χ1) is 8.26. The first kappa shape index (κ1) is 12.1. The number of alkyl halides is 1. The van der Waals surface area contributed by atoms with Crippen LogP contribution in [0.1, 0.15) is 0 Å². The minimum absolute atomic E-state index is 0.0139. The number of halogens is 1. The second kappa shape index (κ2) is 5.29. The van der Waals surface area contributed by atoms with Crippen molar-refractivity contribution in [2.45, 2.75) is 6.04 Å². The predicted octanol–water partition coefficient (Wildman–Crippen LogP) is 1.03. The van der Waals surface area contributed by atoms with Gasteiger partial charge in [0, 0.05) is 20.0 Å². The van der Waals surface area contributed by atoms with Crippen molar-refractivity contribution in [3.63, 3.8) is 0 Å². The van der Waals surface area contributed by atoms with E-state index in [0.29, 0.717) is 12.5 Å². The molecule has 0 saturated carbocycles. The molecule has 17 heavy (non-hydrogen) atoms. The van der Waals surface area contributed by atoms with Crippen LogP contribution in [0.15, 0.2) is 12.5 Å². The van der Waals surface area contributed by atoms with Gasteiger partial charge in [-0.1, -0.05) is 0 Å². The highest BCUT2D eigenvalue weighted by molar-refractivity contribution is 6.18. The second-order valence-electron chi connectivity index (χ2n) is 3.68. The van der Waals surface area contributed by atoms with Crippen molar-refractivity contribution in [1.82, 2.24) is 19.7 Å². The Hall–Kier alpha value is -1.40. The topological polar surface area (TPSA) is 64.9 Å². The maximum absolute atomic E-state index is 5.85. The lowest BCUT2D eigenvalue weighted by Crippen LogP contribution is -2.27. The minimum Gasteiger partial charge on any atom is -0.383 e. The fourth-order valence-corrected chi connectivity index (χ4v) is 1.76. The van der Waals surface area contributed by atoms with E-state index in [2.05, 4.69) is 20.4 Å². The van der Waals surface area contributed by atoms with Crippen LogP contribution in [-0.2, 0) is 11.8 Å². The predicted molar refractivity (Wildman–Crippen MR) is 66.3 cm³/mol. The van der Waals surface area contributed by atoms with E-state index in [-0.39, 0.29) is 6.04 Å². The van der Waals surface area contributed by atoms with Crippen LogP contribution < -0.4 is 5.32 Å². The van der Waals surface area contributed by atoms with Crippen molar-refractivity contribution in [2.24, 2.45) is 7.05 Å². The number of rotatable bonds is 5. The van der Waals surface area contributed by atoms with E-state index in [0.717, 1.165) is 16.9 Å². The molecule has 2 aromatic heterocycles. The Labute approximate surface area is 104 Å². The number of hydrogen-bond acceptors (Lipinski definition) is 5. The highest BCUT2D eigenvalue weighted by Gasteiger charge is 2.12. The van der Waals surface area contributed by atoms with Gasteiger partial charge >= 0.3 is 0 Å². The summed E-state index contributed by atoms with van der Waals surface area (Å²) in [6, 6.07) is 0.0139. The summed E-state index contributed by atoms with van der Waals surface area (Å²) in [5, 5.41) is 8.25. The summed E-state index contributed by atoms with van der Waals surface area (Å²) in [5.74, 6) is 1.17. The normalized spacial score (nSPS) is 12.9. The largest absolute Gasteiger partial charge is 0.383 e. The average molecular weight is 256 g/mol. The maximum Gasteiger partial charge on any atom is 0.163 e. The van der Waals surface area contributed by atoms with Crippen molar-refractivity contribution >= 4 is 28.5 Å². The minimum atomic E-state index is 0.0139. The van der Waals surface area contributed by atoms with Gasteiger partial charge in [0.15, 0.2) is 5.65 Å². The van der Waals surface area contributed by atoms with E-state index in [1.165, 1.54) is 6.33 Å². The Morgan fingerprint density at radius 3 is 3.06 bits per heavy atom. The number of aromatic nitrogens is 4. The van der Waals surface area contributed by atoms with Crippen molar-refractivity contribution in [3.05, 3.63) is 12.5 Å². The summed E-state index contributed by atoms with van der Waals surface area (Å²) in [7, 11) is 3.48. The third-order valence-electron chi connectivity index (χ3n) is 2.42. The number of hydrogen-bond donors (Lipinski definition) is 1. The molecular formula is C10H14ClN5O. The summed E-state index contributed by atoms with van der Waals surface area (Å²) < 4.78 is 6.78. The zero-order chi connectivity index (χ0) is 12.3. The van der Waals surface area contributed by atoms with Gasteiger partial charge in [-0.15, -0.1) is 11.6 Å². The molecule has 7 heteroatoms. The molecule has 1 atom stereocenters. The molecule has 0 saturated heterocycles. The van der Waals surface area contributed by atoms with Crippen molar-refractivity contribution in [1.29, 1.82) is 0 Å². The van der Waals surface area contributed by atoms with E-state index >= 15 is 0 Å². The zero-order valence-corrected chi connectivity index (χ0v) is 10.5. The quantitative estimate of drug-likeness (QED) is 0.809. The van der Waals surface area contributed by atoms with Crippen LogP contribution >= 0.6 is 11.6 Å². The Bertz CT molecular complexity index is 500. The van der Waals surface area contributed by atoms with E-state index in [4.69, 9.17) is 16.3 Å². The van der Waals surface area contributed by atoms with Crippen molar-refractivity contribution < 1.29 is 4.74 Å². The lowest BCUT2D eigenvalue weighted by molar-refractivity contribution is 0.191. The van der Waals surface area contributed by atoms with E-state index in [1.54, 1.807) is 18.0 Å². The molecule has 1 N–H and O–H groups in total. The van der Waals surface area contributed by atoms with E-state index < -0.39 is 0 Å². The molecule has 2 aromatic rings. The number of anilines is 1. The molecule has 0 aliphatic carbocycles. The third kappa shape index (κ3) is 2.48. The smallest absolute Gasteiger partial charge is 0.163 e. The number of ether oxygens (including phenoxy) is 1. The van der Waals surface area contributed by atoms with Gasteiger partial charge in [-0.05, 0) is 0 Å². The van der Waals surface area contributed by atoms with E-state index in [1.807, 2.05) is 7.05 Å². The SMILES string of the molecule is COCC(CCl)Nc1ncnc2c1cnn2C. The van der Waals surface area contributed by atoms with Crippen LogP contribution in [-0.4, -0.2) is 45.4 Å². The number of aryl methyl sites for hydroxylation is 1. The molecule has 0 bridgehead atoms. The number of nitrogens with zero attached hydrogens (tertiary/aromatic N) is 4. The Kier molecular flexibility index (Phi) is 3.75. The molecule has 0 spiro atoms. The van der Waals surface area contributed by atoms with Gasteiger partial charge in [0.25, 0.3) is 0 Å². The van der Waals surface area contributed by atoms with Gasteiger partial charge < -0.3 is 10.1 Å². The molecule has 92 valence electrons. The lowest BCUT2D eigenvalue weighted by atomic mass is 10.3. The molecule has 6 nitrogen and oxygen atoms in total. The van der Waals surface area contributed by atoms with Gasteiger partial charge in [0.05, 0.1) is 24.2 Å². The third-order valence-corrected chi connectivity index (χ3v) is 2.80. The maximum atomic E-state index is 5.85. The molecular weight excluding hydrogens is 242 g/mol. The molecule has 1 unspecified atom stereocenters. The van der Waals surface area contributed by atoms with E-state index in [9.17, 15) is 0 Å². The summed E-state index contributed by atoms with van der Waals surface area (Å²) >= 11 is 5.85. The van der Waals surface area contributed by atoms with Crippen LogP contribution in [0.25, 0.3) is 11.0 Å². The molecule has 2 rings (SSSR count). The summed E-state index contributed by atoms with van der Waals surface area (Å²) in [6.45, 7) is 0.523. The number of methoxy groups -OCH3 is 1. The highest BCUT2D eigenvalue weighted by Crippen LogP contribution is 2.18. The Balaban J connectivity index is 2.29. The van der Waals surface area contributed by atoms with Crippen LogP contribution in [0, 0.1) is 0 Å². The lowest BCUT2D eigenvalue weighted by Gasteiger charge is -2.15. The van der Waals surface area contributed by atoms with Gasteiger partial charge in [-0.3, -0.25) is 4.68 Å². The van der Waals surface area contributed by atoms with Crippen LogP contribution in [0.5, 0.6) is 0 Å². The fourth-order valence-electron chi connectivity index (χ4n) is 1.60. The first-order valence-electron chi connectivity index (χ1n) is 5.20. The van der Waals surface area contributed by atoms with Crippen LogP contribution in [0.2, 0.25) is 0 Å². The standard InChI is InChI=1S/C10H14ClN5O/c1-16-10-8(4-14-16)9(12-6-13-10)15-7(3-11)5-17-2/h4,6-7H,3,5H2,1-2H3,(H,12,13,15). The Morgan fingerprint density at radius 2 is 2.35 bits per heavy atom. The highest BCUT2D eigenvalue weighted by atomic mass is 35.5. The van der Waals surface area contributed by atoms with Crippen molar-refractivity contribution in [3.8, 4) is 0 Å². The molecule has 2 heterocycles. The zero-order valence-electron chi connectivity index (χ0n) is 9.72. The Morgan fingerprint density at radius 1 is 1.53 bits per heavy atom. The second-order valence-corrected chi connectivity index (χ2v) is 3.99. The summed E-state index contributed by atoms with van der Waals surface area (Å²) in [6.07, 6.45) is 3.24. The van der Waals surface area contributed by atoms with Crippen LogP contribution in [0.4, 0.5) is 5.82 Å². The molecule has 0 fully saturated rings. The molecule has 0 radical (unpaired) electrons. The average Bonchev–Trinajstić information content (AvgIpc) is 2.72. The van der Waals surface area contributed by atoms with Crippen molar-refractivity contribution in [2.75, 3.05) is 24.9 Å². The monoisotopic (exact) mass is 255 g/mol. The molecule has 0 amide bonds. The van der Waals surface area contributed by atoms with Gasteiger partial charge in [0.1, 0.15) is 12.1 Å². The fraction of sp³-hybridized carbons (Fsp3) is 0.500. The molecule has 0 aromatic carbocycles. The number of fused-ring (bicyclic) bond motifs is 1. The van der Waals surface area contributed by atoms with Gasteiger partial charge in [0.2, 0.25) is 0 Å². The summed E-state index contributed by atoms with van der Waals surface area (Å²) in [4.78, 5) is 8.37. The van der Waals surface area contributed by atoms with Gasteiger partial charge in [-0.25, -0.2) is 9.97 Å². The first-order valence-corrected chi connectivity index (χ1v) is 5.74. The van der Waals surface area contributed by atoms with Gasteiger partial charge in [-0.2, -0.15) is 5.10 Å².